The van der Waals surface area contributed by atoms with Crippen molar-refractivity contribution in [3.63, 3.8) is 0 Å². The van der Waals surface area contributed by atoms with Crippen molar-refractivity contribution in [3.8, 4) is 5.75 Å². The zero-order valence-corrected chi connectivity index (χ0v) is 19.4. The first-order chi connectivity index (χ1) is 15.3. The normalized spacial score (nSPS) is 17.6. The van der Waals surface area contributed by atoms with E-state index in [0.717, 1.165) is 15.6 Å². The number of ether oxygens (including phenoxy) is 1. The van der Waals surface area contributed by atoms with Crippen LogP contribution in [0.2, 0.25) is 0 Å². The van der Waals surface area contributed by atoms with Gasteiger partial charge < -0.3 is 9.84 Å². The number of aliphatic hydroxyl groups is 1. The van der Waals surface area contributed by atoms with Crippen molar-refractivity contribution in [1.82, 2.24) is 4.98 Å². The fourth-order valence-electron chi connectivity index (χ4n) is 4.00. The van der Waals surface area contributed by atoms with Crippen LogP contribution in [0.3, 0.4) is 0 Å². The van der Waals surface area contributed by atoms with Gasteiger partial charge in [-0.25, -0.2) is 0 Å². The number of rotatable bonds is 4. The number of methoxy groups -OCH3 is 1. The first kappa shape index (κ1) is 21.8. The van der Waals surface area contributed by atoms with Gasteiger partial charge >= 0.3 is 0 Å². The number of carbonyl (C=O) groups is 2. The average Bonchev–Trinajstić information content (AvgIpc) is 3.05. The third kappa shape index (κ3) is 3.69. The van der Waals surface area contributed by atoms with Crippen LogP contribution in [0.5, 0.6) is 5.75 Å². The molecule has 1 amide bonds. The molecule has 2 heterocycles. The number of hydrogen-bond acceptors (Lipinski definition) is 5. The fraction of sp³-hybridized carbons (Fsp3) is 0.160. The molecule has 1 atom stereocenters. The molecular formula is C25H21BrN2O4. The van der Waals surface area contributed by atoms with E-state index in [1.54, 1.807) is 62.0 Å². The molecular weight excluding hydrogens is 472 g/mol. The minimum atomic E-state index is -0.797. The molecule has 1 fully saturated rings. The number of ketones is 1. The van der Waals surface area contributed by atoms with Crippen molar-refractivity contribution in [1.29, 1.82) is 0 Å². The Morgan fingerprint density at radius 3 is 2.44 bits per heavy atom. The van der Waals surface area contributed by atoms with E-state index in [4.69, 9.17) is 4.74 Å². The second-order valence-corrected chi connectivity index (χ2v) is 8.48. The molecule has 0 bridgehead atoms. The third-order valence-corrected chi connectivity index (χ3v) is 6.04. The Bertz CT molecular complexity index is 1250. The molecule has 3 aromatic rings. The summed E-state index contributed by atoms with van der Waals surface area (Å²) in [5.41, 5.74) is 3.27. The van der Waals surface area contributed by atoms with Gasteiger partial charge in [0.2, 0.25) is 0 Å². The highest BCUT2D eigenvalue weighted by Crippen LogP contribution is 2.43. The van der Waals surface area contributed by atoms with Crippen LogP contribution >= 0.6 is 15.9 Å². The lowest BCUT2D eigenvalue weighted by atomic mass is 9.93. The number of amides is 1. The molecule has 1 aliphatic heterocycles. The maximum atomic E-state index is 13.2. The zero-order valence-electron chi connectivity index (χ0n) is 17.8. The zero-order chi connectivity index (χ0) is 23.0. The molecule has 0 aliphatic carbocycles. The van der Waals surface area contributed by atoms with E-state index in [9.17, 15) is 14.7 Å². The minimum Gasteiger partial charge on any atom is -0.507 e. The van der Waals surface area contributed by atoms with Gasteiger partial charge in [-0.05, 0) is 73.0 Å². The quantitative estimate of drug-likeness (QED) is 0.311. The Morgan fingerprint density at radius 2 is 1.78 bits per heavy atom. The van der Waals surface area contributed by atoms with Crippen LogP contribution in [0.1, 0.15) is 28.3 Å². The van der Waals surface area contributed by atoms with E-state index in [1.165, 1.54) is 4.90 Å². The SMILES string of the molecule is COc1cc(C)c(/C(O)=C2\C(=O)C(=O)N(c3cccc(Br)c3)C2c2ccncc2)cc1C. The van der Waals surface area contributed by atoms with E-state index < -0.39 is 17.7 Å². The van der Waals surface area contributed by atoms with Gasteiger partial charge in [0.15, 0.2) is 0 Å². The average molecular weight is 493 g/mol. The predicted octanol–water partition coefficient (Wildman–Crippen LogP) is 5.10. The van der Waals surface area contributed by atoms with Gasteiger partial charge in [0, 0.05) is 28.1 Å². The molecule has 4 rings (SSSR count). The summed E-state index contributed by atoms with van der Waals surface area (Å²) in [6.45, 7) is 3.68. The highest BCUT2D eigenvalue weighted by atomic mass is 79.9. The topological polar surface area (TPSA) is 79.7 Å². The van der Waals surface area contributed by atoms with Gasteiger partial charge in [0.25, 0.3) is 11.7 Å². The lowest BCUT2D eigenvalue weighted by Gasteiger charge is -2.25. The number of pyridine rings is 1. The molecule has 162 valence electrons. The molecule has 6 nitrogen and oxygen atoms in total. The Balaban J connectivity index is 1.97. The van der Waals surface area contributed by atoms with Crippen LogP contribution in [0.25, 0.3) is 5.76 Å². The molecule has 32 heavy (non-hydrogen) atoms. The van der Waals surface area contributed by atoms with Gasteiger partial charge in [0.1, 0.15) is 11.5 Å². The second-order valence-electron chi connectivity index (χ2n) is 7.57. The van der Waals surface area contributed by atoms with Crippen molar-refractivity contribution < 1.29 is 19.4 Å². The van der Waals surface area contributed by atoms with Crippen molar-refractivity contribution in [2.75, 3.05) is 12.0 Å². The standard InChI is InChI=1S/C25H21BrN2O4/c1-14-12-20(32-3)15(2)11-19(14)23(29)21-22(16-7-9-27-10-8-16)28(25(31)24(21)30)18-6-4-5-17(26)13-18/h4-13,22,29H,1-3H3/b23-21+. The van der Waals surface area contributed by atoms with Crippen LogP contribution in [-0.2, 0) is 9.59 Å². The number of aromatic nitrogens is 1. The Hall–Kier alpha value is -3.45. The van der Waals surface area contributed by atoms with E-state index in [1.807, 2.05) is 19.9 Å². The van der Waals surface area contributed by atoms with Crippen LogP contribution in [-0.4, -0.2) is 28.9 Å². The van der Waals surface area contributed by atoms with E-state index in [0.29, 0.717) is 22.6 Å². The fourth-order valence-corrected chi connectivity index (χ4v) is 4.38. The van der Waals surface area contributed by atoms with E-state index >= 15 is 0 Å². The number of anilines is 1. The van der Waals surface area contributed by atoms with Gasteiger partial charge in [-0.3, -0.25) is 19.5 Å². The van der Waals surface area contributed by atoms with Crippen molar-refractivity contribution in [2.45, 2.75) is 19.9 Å². The third-order valence-electron chi connectivity index (χ3n) is 5.55. The number of aryl methyl sites for hydroxylation is 2. The molecule has 1 unspecified atom stereocenters. The molecule has 0 spiro atoms. The molecule has 7 heteroatoms. The van der Waals surface area contributed by atoms with Crippen molar-refractivity contribution >= 4 is 39.1 Å². The first-order valence-electron chi connectivity index (χ1n) is 9.95. The largest absolute Gasteiger partial charge is 0.507 e. The maximum absolute atomic E-state index is 13.2. The molecule has 1 saturated heterocycles. The van der Waals surface area contributed by atoms with Gasteiger partial charge in [0.05, 0.1) is 18.7 Å². The number of hydrogen-bond donors (Lipinski definition) is 1. The summed E-state index contributed by atoms with van der Waals surface area (Å²) in [5, 5.41) is 11.3. The number of benzene rings is 2. The van der Waals surface area contributed by atoms with Crippen LogP contribution in [0, 0.1) is 13.8 Å². The molecule has 0 saturated carbocycles. The summed E-state index contributed by atoms with van der Waals surface area (Å²) >= 11 is 3.43. The van der Waals surface area contributed by atoms with Crippen molar-refractivity contribution in [3.05, 3.63) is 93.2 Å². The summed E-state index contributed by atoms with van der Waals surface area (Å²) in [6, 6.07) is 13.4. The minimum absolute atomic E-state index is 0.0360. The summed E-state index contributed by atoms with van der Waals surface area (Å²) in [6.07, 6.45) is 3.19. The number of carbonyl (C=O) groups excluding carboxylic acids is 2. The van der Waals surface area contributed by atoms with Crippen LogP contribution in [0.15, 0.2) is 71.0 Å². The van der Waals surface area contributed by atoms with E-state index in [-0.39, 0.29) is 11.3 Å². The molecule has 1 aromatic heterocycles. The highest BCUT2D eigenvalue weighted by Gasteiger charge is 2.47. The monoisotopic (exact) mass is 492 g/mol. The number of Topliss-reactive ketones (excluding diaryl/α,β-unsaturated/α-hetero) is 1. The molecule has 1 aliphatic rings. The van der Waals surface area contributed by atoms with Crippen LogP contribution in [0.4, 0.5) is 5.69 Å². The van der Waals surface area contributed by atoms with Crippen LogP contribution < -0.4 is 9.64 Å². The van der Waals surface area contributed by atoms with E-state index in [2.05, 4.69) is 20.9 Å². The predicted molar refractivity (Wildman–Crippen MR) is 126 cm³/mol. The molecule has 0 radical (unpaired) electrons. The second kappa shape index (κ2) is 8.59. The summed E-state index contributed by atoms with van der Waals surface area (Å²) in [7, 11) is 1.58. The molecule has 2 aromatic carbocycles. The Morgan fingerprint density at radius 1 is 1.06 bits per heavy atom. The van der Waals surface area contributed by atoms with Gasteiger partial charge in [-0.1, -0.05) is 22.0 Å². The Labute approximate surface area is 194 Å². The number of nitrogens with zero attached hydrogens (tertiary/aromatic N) is 2. The Kier molecular flexibility index (Phi) is 5.84. The highest BCUT2D eigenvalue weighted by molar-refractivity contribution is 9.10. The lowest BCUT2D eigenvalue weighted by molar-refractivity contribution is -0.132. The number of halogens is 1. The molecule has 1 N–H and O–H groups in total. The maximum Gasteiger partial charge on any atom is 0.300 e. The lowest BCUT2D eigenvalue weighted by Crippen LogP contribution is -2.29. The number of aliphatic hydroxyl groups excluding tert-OH is 1. The van der Waals surface area contributed by atoms with Gasteiger partial charge in [-0.2, -0.15) is 0 Å². The summed E-state index contributed by atoms with van der Waals surface area (Å²) in [4.78, 5) is 31.9. The first-order valence-corrected chi connectivity index (χ1v) is 10.7. The van der Waals surface area contributed by atoms with Crippen molar-refractivity contribution in [2.24, 2.45) is 0 Å². The smallest absolute Gasteiger partial charge is 0.300 e. The summed E-state index contributed by atoms with van der Waals surface area (Å²) < 4.78 is 6.13. The summed E-state index contributed by atoms with van der Waals surface area (Å²) in [5.74, 6) is -0.975. The van der Waals surface area contributed by atoms with Gasteiger partial charge in [-0.15, -0.1) is 0 Å².